The molecular formula is C13H22ClN3O4S. The Kier molecular flexibility index (Phi) is 9.03. The largest absolute Gasteiger partial charge is 0.496 e. The fraction of sp³-hybridized carbons (Fsp3) is 0.462. The van der Waals surface area contributed by atoms with Crippen LogP contribution in [0.5, 0.6) is 5.75 Å². The molecule has 0 heterocycles. The first-order chi connectivity index (χ1) is 9.94. The summed E-state index contributed by atoms with van der Waals surface area (Å²) < 4.78 is 31.6. The third-order valence-electron chi connectivity index (χ3n) is 2.80. The van der Waals surface area contributed by atoms with E-state index in [1.54, 1.807) is 13.0 Å². The average Bonchev–Trinajstić information content (AvgIpc) is 2.50. The third kappa shape index (κ3) is 5.80. The molecule has 0 unspecified atom stereocenters. The number of carbonyl (C=O) groups is 1. The van der Waals surface area contributed by atoms with Crippen molar-refractivity contribution >= 4 is 28.3 Å². The Labute approximate surface area is 137 Å². The molecule has 0 spiro atoms. The van der Waals surface area contributed by atoms with Crippen molar-refractivity contribution in [1.29, 1.82) is 0 Å². The Bertz CT molecular complexity index is 593. The summed E-state index contributed by atoms with van der Waals surface area (Å²) in [6.45, 7) is 2.32. The second-order valence-electron chi connectivity index (χ2n) is 4.29. The molecule has 0 aliphatic heterocycles. The van der Waals surface area contributed by atoms with Crippen molar-refractivity contribution in [3.63, 3.8) is 0 Å². The normalized spacial score (nSPS) is 10.7. The number of nitrogens with one attached hydrogen (secondary N) is 2. The number of hydrogen-bond donors (Lipinski definition) is 3. The van der Waals surface area contributed by atoms with Gasteiger partial charge in [0.25, 0.3) is 0 Å². The van der Waals surface area contributed by atoms with E-state index in [9.17, 15) is 13.2 Å². The molecule has 0 fully saturated rings. The highest BCUT2D eigenvalue weighted by atomic mass is 35.5. The first-order valence-electron chi connectivity index (χ1n) is 6.58. The molecule has 1 rings (SSSR count). The maximum Gasteiger partial charge on any atom is 0.240 e. The van der Waals surface area contributed by atoms with E-state index in [1.807, 2.05) is 0 Å². The van der Waals surface area contributed by atoms with Gasteiger partial charge in [0.05, 0.1) is 12.0 Å². The molecule has 1 aromatic rings. The highest BCUT2D eigenvalue weighted by molar-refractivity contribution is 7.89. The van der Waals surface area contributed by atoms with Crippen LogP contribution in [0.1, 0.15) is 18.9 Å². The zero-order valence-corrected chi connectivity index (χ0v) is 14.2. The molecule has 4 N–H and O–H groups in total. The maximum atomic E-state index is 12.0. The Morgan fingerprint density at radius 3 is 2.59 bits per heavy atom. The standard InChI is InChI=1S/C13H21N3O4S.ClH/c1-3-13(17)15-9-10-8-11(4-5-12(10)20-2)21(18,19)16-7-6-14;/h4-5,8,16H,3,6-7,9,14H2,1-2H3,(H,15,17);1H. The molecule has 0 atom stereocenters. The topological polar surface area (TPSA) is 111 Å². The molecule has 0 aromatic heterocycles. The highest BCUT2D eigenvalue weighted by Gasteiger charge is 2.16. The predicted molar refractivity (Wildman–Crippen MR) is 86.6 cm³/mol. The van der Waals surface area contributed by atoms with Gasteiger partial charge in [-0.2, -0.15) is 0 Å². The highest BCUT2D eigenvalue weighted by Crippen LogP contribution is 2.22. The minimum absolute atomic E-state index is 0. The molecule has 0 saturated heterocycles. The SMILES string of the molecule is CCC(=O)NCc1cc(S(=O)(=O)NCCN)ccc1OC.Cl. The Morgan fingerprint density at radius 2 is 2.05 bits per heavy atom. The van der Waals surface area contributed by atoms with Crippen LogP contribution in [-0.2, 0) is 21.4 Å². The number of rotatable bonds is 8. The zero-order valence-electron chi connectivity index (χ0n) is 12.6. The maximum absolute atomic E-state index is 12.0. The number of sulfonamides is 1. The van der Waals surface area contributed by atoms with Crippen LogP contribution in [-0.4, -0.2) is 34.5 Å². The molecule has 126 valence electrons. The fourth-order valence-electron chi connectivity index (χ4n) is 1.66. The van der Waals surface area contributed by atoms with Crippen LogP contribution in [0.4, 0.5) is 0 Å². The minimum Gasteiger partial charge on any atom is -0.496 e. The summed E-state index contributed by atoms with van der Waals surface area (Å²) in [5, 5.41) is 2.69. The summed E-state index contributed by atoms with van der Waals surface area (Å²) in [6, 6.07) is 4.49. The van der Waals surface area contributed by atoms with E-state index in [2.05, 4.69) is 10.0 Å². The second kappa shape index (κ2) is 9.62. The van der Waals surface area contributed by atoms with Crippen LogP contribution in [0, 0.1) is 0 Å². The van der Waals surface area contributed by atoms with Crippen LogP contribution < -0.4 is 20.5 Å². The average molecular weight is 352 g/mol. The summed E-state index contributed by atoms with van der Waals surface area (Å²) in [7, 11) is -2.12. The van der Waals surface area contributed by atoms with Crippen LogP contribution >= 0.6 is 12.4 Å². The smallest absolute Gasteiger partial charge is 0.240 e. The van der Waals surface area contributed by atoms with E-state index in [4.69, 9.17) is 10.5 Å². The molecular weight excluding hydrogens is 330 g/mol. The van der Waals surface area contributed by atoms with E-state index in [0.29, 0.717) is 17.7 Å². The molecule has 22 heavy (non-hydrogen) atoms. The monoisotopic (exact) mass is 351 g/mol. The van der Waals surface area contributed by atoms with Crippen LogP contribution in [0.3, 0.4) is 0 Å². The van der Waals surface area contributed by atoms with E-state index < -0.39 is 10.0 Å². The number of benzene rings is 1. The molecule has 9 heteroatoms. The van der Waals surface area contributed by atoms with Crippen LogP contribution in [0.2, 0.25) is 0 Å². The van der Waals surface area contributed by atoms with Crippen LogP contribution in [0.25, 0.3) is 0 Å². The van der Waals surface area contributed by atoms with E-state index in [-0.39, 0.29) is 42.8 Å². The van der Waals surface area contributed by atoms with Gasteiger partial charge in [-0.15, -0.1) is 12.4 Å². The van der Waals surface area contributed by atoms with Gasteiger partial charge in [0, 0.05) is 31.6 Å². The fourth-order valence-corrected chi connectivity index (χ4v) is 2.75. The molecule has 1 amide bonds. The summed E-state index contributed by atoms with van der Waals surface area (Å²) in [6.07, 6.45) is 0.359. The van der Waals surface area contributed by atoms with Crippen molar-refractivity contribution in [2.24, 2.45) is 5.73 Å². The Morgan fingerprint density at radius 1 is 1.36 bits per heavy atom. The molecule has 0 bridgehead atoms. The van der Waals surface area contributed by atoms with Gasteiger partial charge in [-0.05, 0) is 18.2 Å². The van der Waals surface area contributed by atoms with Crippen molar-refractivity contribution in [2.45, 2.75) is 24.8 Å². The lowest BCUT2D eigenvalue weighted by Gasteiger charge is -2.12. The molecule has 1 aromatic carbocycles. The van der Waals surface area contributed by atoms with Crippen molar-refractivity contribution in [2.75, 3.05) is 20.2 Å². The second-order valence-corrected chi connectivity index (χ2v) is 6.06. The van der Waals surface area contributed by atoms with Crippen molar-refractivity contribution in [1.82, 2.24) is 10.0 Å². The van der Waals surface area contributed by atoms with Gasteiger partial charge in [-0.1, -0.05) is 6.92 Å². The zero-order chi connectivity index (χ0) is 15.9. The summed E-state index contributed by atoms with van der Waals surface area (Å²) >= 11 is 0. The summed E-state index contributed by atoms with van der Waals surface area (Å²) in [4.78, 5) is 11.4. The van der Waals surface area contributed by atoms with Gasteiger partial charge in [0.15, 0.2) is 0 Å². The van der Waals surface area contributed by atoms with Crippen LogP contribution in [0.15, 0.2) is 23.1 Å². The number of halogens is 1. The van der Waals surface area contributed by atoms with Gasteiger partial charge in [-0.3, -0.25) is 4.79 Å². The van der Waals surface area contributed by atoms with Gasteiger partial charge < -0.3 is 15.8 Å². The van der Waals surface area contributed by atoms with Crippen molar-refractivity contribution in [3.05, 3.63) is 23.8 Å². The van der Waals surface area contributed by atoms with Crippen molar-refractivity contribution < 1.29 is 17.9 Å². The van der Waals surface area contributed by atoms with E-state index in [0.717, 1.165) is 0 Å². The molecule has 0 radical (unpaired) electrons. The van der Waals surface area contributed by atoms with E-state index in [1.165, 1.54) is 19.2 Å². The lowest BCUT2D eigenvalue weighted by Crippen LogP contribution is -2.29. The Hall–Kier alpha value is -1.35. The van der Waals surface area contributed by atoms with Gasteiger partial charge in [0.2, 0.25) is 15.9 Å². The first-order valence-corrected chi connectivity index (χ1v) is 8.06. The third-order valence-corrected chi connectivity index (χ3v) is 4.25. The predicted octanol–water partition coefficient (Wildman–Crippen LogP) is 0.380. The lowest BCUT2D eigenvalue weighted by molar-refractivity contribution is -0.120. The number of ether oxygens (including phenoxy) is 1. The molecule has 0 aliphatic rings. The van der Waals surface area contributed by atoms with Gasteiger partial charge in [-0.25, -0.2) is 13.1 Å². The number of amides is 1. The first kappa shape index (κ1) is 20.6. The van der Waals surface area contributed by atoms with Gasteiger partial charge >= 0.3 is 0 Å². The Balaban J connectivity index is 0.00000441. The summed E-state index contributed by atoms with van der Waals surface area (Å²) in [5.74, 6) is 0.399. The number of methoxy groups -OCH3 is 1. The quantitative estimate of drug-likeness (QED) is 0.627. The molecule has 0 aliphatic carbocycles. The van der Waals surface area contributed by atoms with E-state index >= 15 is 0 Å². The van der Waals surface area contributed by atoms with Gasteiger partial charge in [0.1, 0.15) is 5.75 Å². The molecule has 7 nitrogen and oxygen atoms in total. The number of nitrogens with two attached hydrogens (primary N) is 1. The minimum atomic E-state index is -3.61. The van der Waals surface area contributed by atoms with Crippen molar-refractivity contribution in [3.8, 4) is 5.75 Å². The molecule has 0 saturated carbocycles. The number of hydrogen-bond acceptors (Lipinski definition) is 5. The summed E-state index contributed by atoms with van der Waals surface area (Å²) in [5.41, 5.74) is 5.88. The lowest BCUT2D eigenvalue weighted by atomic mass is 10.2. The number of carbonyl (C=O) groups excluding carboxylic acids is 1.